The maximum absolute atomic E-state index is 13.1. The molecule has 0 aliphatic heterocycles. The van der Waals surface area contributed by atoms with Crippen molar-refractivity contribution in [2.24, 2.45) is 0 Å². The van der Waals surface area contributed by atoms with Crippen molar-refractivity contribution in [3.63, 3.8) is 0 Å². The van der Waals surface area contributed by atoms with Crippen molar-refractivity contribution in [3.05, 3.63) is 108 Å². The van der Waals surface area contributed by atoms with Gasteiger partial charge in [-0.25, -0.2) is 14.6 Å². The van der Waals surface area contributed by atoms with Crippen LogP contribution in [0.1, 0.15) is 26.4 Å². The number of carboxylic acid groups (broad SMARTS) is 1. The fourth-order valence-corrected chi connectivity index (χ4v) is 4.50. The summed E-state index contributed by atoms with van der Waals surface area (Å²) in [4.78, 5) is 42.1. The summed E-state index contributed by atoms with van der Waals surface area (Å²) in [5.74, 6) is -2.52. The SMILES string of the molecule is COC(=O)[C@H](Cc1ccc(O)cc1)NC(=O)c1cc(C(=O)O)c2cc(-c3ccc4ccccc4c3)ccc2n1. The van der Waals surface area contributed by atoms with Crippen molar-refractivity contribution in [1.29, 1.82) is 0 Å². The number of pyridine rings is 1. The van der Waals surface area contributed by atoms with Gasteiger partial charge in [-0.1, -0.05) is 54.6 Å². The lowest BCUT2D eigenvalue weighted by Crippen LogP contribution is -2.43. The van der Waals surface area contributed by atoms with Gasteiger partial charge in [0.15, 0.2) is 0 Å². The lowest BCUT2D eigenvalue weighted by Gasteiger charge is -2.17. The van der Waals surface area contributed by atoms with Crippen LogP contribution in [0.4, 0.5) is 0 Å². The Morgan fingerprint density at radius 3 is 2.28 bits per heavy atom. The Morgan fingerprint density at radius 1 is 0.872 bits per heavy atom. The van der Waals surface area contributed by atoms with Crippen LogP contribution < -0.4 is 5.32 Å². The quantitative estimate of drug-likeness (QED) is 0.259. The first-order valence-corrected chi connectivity index (χ1v) is 12.2. The summed E-state index contributed by atoms with van der Waals surface area (Å²) < 4.78 is 4.84. The highest BCUT2D eigenvalue weighted by Gasteiger charge is 2.25. The number of methoxy groups -OCH3 is 1. The zero-order valence-electron chi connectivity index (χ0n) is 20.9. The molecule has 0 saturated carbocycles. The van der Waals surface area contributed by atoms with Gasteiger partial charge in [0, 0.05) is 11.8 Å². The van der Waals surface area contributed by atoms with E-state index in [0.29, 0.717) is 16.5 Å². The number of esters is 1. The van der Waals surface area contributed by atoms with E-state index < -0.39 is 23.9 Å². The summed E-state index contributed by atoms with van der Waals surface area (Å²) in [7, 11) is 1.21. The fourth-order valence-electron chi connectivity index (χ4n) is 4.50. The van der Waals surface area contributed by atoms with Crippen LogP contribution in [-0.2, 0) is 16.0 Å². The molecule has 5 aromatic rings. The molecule has 8 heteroatoms. The molecule has 0 bridgehead atoms. The molecule has 0 spiro atoms. The number of ether oxygens (including phenoxy) is 1. The second kappa shape index (κ2) is 10.6. The fraction of sp³-hybridized carbons (Fsp3) is 0.0968. The number of carbonyl (C=O) groups is 3. The molecule has 4 aromatic carbocycles. The molecular weight excluding hydrogens is 496 g/mol. The third-order valence-electron chi connectivity index (χ3n) is 6.52. The number of aromatic nitrogens is 1. The molecule has 5 rings (SSSR count). The molecule has 1 heterocycles. The number of phenols is 1. The van der Waals surface area contributed by atoms with Gasteiger partial charge in [-0.15, -0.1) is 0 Å². The Bertz CT molecular complexity index is 1730. The van der Waals surface area contributed by atoms with Gasteiger partial charge < -0.3 is 20.3 Å². The Hall–Kier alpha value is -5.24. The van der Waals surface area contributed by atoms with E-state index in [1.54, 1.807) is 24.3 Å². The summed E-state index contributed by atoms with van der Waals surface area (Å²) in [6.45, 7) is 0. The monoisotopic (exact) mass is 520 g/mol. The van der Waals surface area contributed by atoms with Gasteiger partial charge in [0.2, 0.25) is 0 Å². The highest BCUT2D eigenvalue weighted by Crippen LogP contribution is 2.29. The Morgan fingerprint density at radius 2 is 1.56 bits per heavy atom. The molecule has 8 nitrogen and oxygen atoms in total. The van der Waals surface area contributed by atoms with Crippen molar-refractivity contribution in [2.75, 3.05) is 7.11 Å². The molecular formula is C31H24N2O6. The minimum Gasteiger partial charge on any atom is -0.508 e. The standard InChI is InChI=1S/C31H24N2O6/c1-39-31(38)28(14-18-6-11-23(34)12-7-18)33-29(35)27-17-25(30(36)37)24-16-22(10-13-26(24)32-27)21-9-8-19-4-2-3-5-20(19)15-21/h2-13,15-17,28,34H,14H2,1H3,(H,33,35)(H,36,37)/t28-/m0/s1. The van der Waals surface area contributed by atoms with E-state index in [1.807, 2.05) is 48.5 Å². The number of aromatic hydroxyl groups is 1. The van der Waals surface area contributed by atoms with Crippen LogP contribution in [0.3, 0.4) is 0 Å². The van der Waals surface area contributed by atoms with Crippen molar-refractivity contribution < 1.29 is 29.3 Å². The number of amides is 1. The molecule has 1 amide bonds. The van der Waals surface area contributed by atoms with E-state index in [4.69, 9.17) is 4.74 Å². The van der Waals surface area contributed by atoms with Gasteiger partial charge in [0.1, 0.15) is 17.5 Å². The molecule has 1 atom stereocenters. The van der Waals surface area contributed by atoms with Gasteiger partial charge >= 0.3 is 11.9 Å². The molecule has 0 aliphatic carbocycles. The van der Waals surface area contributed by atoms with E-state index in [1.165, 1.54) is 25.3 Å². The number of nitrogens with zero attached hydrogens (tertiary/aromatic N) is 1. The number of benzene rings is 4. The average Bonchev–Trinajstić information content (AvgIpc) is 2.96. The second-order valence-corrected chi connectivity index (χ2v) is 9.07. The number of hydrogen-bond acceptors (Lipinski definition) is 6. The summed E-state index contributed by atoms with van der Waals surface area (Å²) in [5.41, 5.74) is 2.53. The summed E-state index contributed by atoms with van der Waals surface area (Å²) in [6, 6.07) is 25.6. The molecule has 1 aromatic heterocycles. The summed E-state index contributed by atoms with van der Waals surface area (Å²) in [6.07, 6.45) is 0.104. The van der Waals surface area contributed by atoms with Crippen molar-refractivity contribution in [3.8, 4) is 16.9 Å². The lowest BCUT2D eigenvalue weighted by molar-refractivity contribution is -0.142. The Kier molecular flexibility index (Phi) is 6.93. The van der Waals surface area contributed by atoms with Crippen LogP contribution in [0, 0.1) is 0 Å². The predicted molar refractivity (Wildman–Crippen MR) is 147 cm³/mol. The molecule has 3 N–H and O–H groups in total. The van der Waals surface area contributed by atoms with Gasteiger partial charge in [0.25, 0.3) is 5.91 Å². The Labute approximate surface area is 223 Å². The largest absolute Gasteiger partial charge is 0.508 e. The molecule has 0 aliphatic rings. The number of aromatic carboxylic acids is 1. The number of rotatable bonds is 7. The molecule has 39 heavy (non-hydrogen) atoms. The zero-order valence-corrected chi connectivity index (χ0v) is 20.9. The van der Waals surface area contributed by atoms with Gasteiger partial charge in [-0.2, -0.15) is 0 Å². The average molecular weight is 521 g/mol. The van der Waals surface area contributed by atoms with Crippen LogP contribution in [0.25, 0.3) is 32.8 Å². The first-order valence-electron chi connectivity index (χ1n) is 12.2. The third-order valence-corrected chi connectivity index (χ3v) is 6.52. The maximum Gasteiger partial charge on any atom is 0.336 e. The van der Waals surface area contributed by atoms with E-state index in [9.17, 15) is 24.6 Å². The normalized spacial score (nSPS) is 11.7. The predicted octanol–water partition coefficient (Wildman–Crippen LogP) is 4.97. The molecule has 0 radical (unpaired) electrons. The number of phenolic OH excluding ortho intramolecular Hbond substituents is 1. The summed E-state index contributed by atoms with van der Waals surface area (Å²) in [5, 5.41) is 24.6. The van der Waals surface area contributed by atoms with Gasteiger partial charge in [0.05, 0.1) is 18.2 Å². The van der Waals surface area contributed by atoms with Crippen molar-refractivity contribution in [2.45, 2.75) is 12.5 Å². The summed E-state index contributed by atoms with van der Waals surface area (Å²) >= 11 is 0. The maximum atomic E-state index is 13.1. The smallest absolute Gasteiger partial charge is 0.336 e. The third kappa shape index (κ3) is 5.40. The number of nitrogens with one attached hydrogen (secondary N) is 1. The van der Waals surface area contributed by atoms with Crippen LogP contribution in [0.5, 0.6) is 5.75 Å². The highest BCUT2D eigenvalue weighted by atomic mass is 16.5. The van der Waals surface area contributed by atoms with E-state index in [2.05, 4.69) is 10.3 Å². The topological polar surface area (TPSA) is 126 Å². The first kappa shape index (κ1) is 25.4. The first-order chi connectivity index (χ1) is 18.8. The van der Waals surface area contributed by atoms with Crippen molar-refractivity contribution >= 4 is 39.5 Å². The Balaban J connectivity index is 1.48. The van der Waals surface area contributed by atoms with Crippen molar-refractivity contribution in [1.82, 2.24) is 10.3 Å². The van der Waals surface area contributed by atoms with E-state index in [-0.39, 0.29) is 23.4 Å². The van der Waals surface area contributed by atoms with E-state index in [0.717, 1.165) is 21.9 Å². The molecule has 0 unspecified atom stereocenters. The van der Waals surface area contributed by atoms with Crippen LogP contribution >= 0.6 is 0 Å². The van der Waals surface area contributed by atoms with E-state index >= 15 is 0 Å². The molecule has 194 valence electrons. The number of carbonyl (C=O) groups excluding carboxylic acids is 2. The highest BCUT2D eigenvalue weighted by molar-refractivity contribution is 6.07. The minimum absolute atomic E-state index is 0.0720. The second-order valence-electron chi connectivity index (χ2n) is 9.07. The number of carboxylic acids is 1. The minimum atomic E-state index is -1.21. The van der Waals surface area contributed by atoms with Gasteiger partial charge in [-0.3, -0.25) is 4.79 Å². The lowest BCUT2D eigenvalue weighted by atomic mass is 9.98. The zero-order chi connectivity index (χ0) is 27.5. The molecule has 0 fully saturated rings. The van der Waals surface area contributed by atoms with Crippen LogP contribution in [0.15, 0.2) is 91.0 Å². The van der Waals surface area contributed by atoms with Gasteiger partial charge in [-0.05, 0) is 63.9 Å². The molecule has 0 saturated heterocycles. The van der Waals surface area contributed by atoms with Crippen LogP contribution in [0.2, 0.25) is 0 Å². The van der Waals surface area contributed by atoms with Crippen LogP contribution in [-0.4, -0.2) is 46.2 Å². The number of hydrogen-bond donors (Lipinski definition) is 3. The number of fused-ring (bicyclic) bond motifs is 2.